The minimum atomic E-state index is -1.67. The fourth-order valence-corrected chi connectivity index (χ4v) is 4.52. The van der Waals surface area contributed by atoms with Gasteiger partial charge < -0.3 is 29.4 Å². The highest BCUT2D eigenvalue weighted by molar-refractivity contribution is 6.00. The quantitative estimate of drug-likeness (QED) is 0.655. The number of nitrogens with two attached hydrogens (primary N) is 1. The molecule has 1 aliphatic heterocycles. The van der Waals surface area contributed by atoms with Crippen molar-refractivity contribution >= 4 is 5.84 Å². The van der Waals surface area contributed by atoms with Crippen molar-refractivity contribution in [2.24, 2.45) is 21.6 Å². The molecule has 2 aliphatic rings. The molecule has 0 aromatic heterocycles. The highest BCUT2D eigenvalue weighted by Gasteiger charge is 2.93. The predicted octanol–water partition coefficient (Wildman–Crippen LogP) is 1.93. The first-order valence-corrected chi connectivity index (χ1v) is 9.19. The Kier molecular flexibility index (Phi) is 5.08. The van der Waals surface area contributed by atoms with Crippen molar-refractivity contribution in [3.63, 3.8) is 0 Å². The Morgan fingerprint density at radius 2 is 1.55 bits per heavy atom. The fourth-order valence-electron chi connectivity index (χ4n) is 4.52. The summed E-state index contributed by atoms with van der Waals surface area (Å²) in [5.41, 5.74) is 3.99. The zero-order chi connectivity index (χ0) is 21.4. The van der Waals surface area contributed by atoms with Crippen molar-refractivity contribution < 1.29 is 23.7 Å². The van der Waals surface area contributed by atoms with Gasteiger partial charge >= 0.3 is 0 Å². The number of rotatable bonds is 8. The maximum absolute atomic E-state index is 10.3. The number of amidine groups is 1. The summed E-state index contributed by atoms with van der Waals surface area (Å²) >= 11 is 0. The van der Waals surface area contributed by atoms with Crippen LogP contribution in [0, 0.1) is 33.5 Å². The molecule has 1 fully saturated rings. The van der Waals surface area contributed by atoms with Gasteiger partial charge in [-0.15, -0.1) is 0 Å². The van der Waals surface area contributed by atoms with Crippen molar-refractivity contribution in [3.8, 4) is 29.4 Å². The topological polar surface area (TPSA) is 132 Å². The van der Waals surface area contributed by atoms with Crippen LogP contribution >= 0.6 is 0 Å². The largest absolute Gasteiger partial charge is 0.493 e. The van der Waals surface area contributed by atoms with Crippen LogP contribution in [0.5, 0.6) is 17.2 Å². The number of methoxy groups -OCH3 is 3. The lowest BCUT2D eigenvalue weighted by atomic mass is 9.93. The van der Waals surface area contributed by atoms with Gasteiger partial charge in [0.2, 0.25) is 5.75 Å². The summed E-state index contributed by atoms with van der Waals surface area (Å²) in [4.78, 5) is 4.33. The van der Waals surface area contributed by atoms with E-state index in [1.807, 2.05) is 0 Å². The van der Waals surface area contributed by atoms with Crippen molar-refractivity contribution in [1.29, 1.82) is 10.5 Å². The van der Waals surface area contributed by atoms with Gasteiger partial charge in [0.1, 0.15) is 11.3 Å². The molecule has 3 rings (SSSR count). The smallest absolute Gasteiger partial charge is 0.293 e. The van der Waals surface area contributed by atoms with E-state index in [4.69, 9.17) is 29.4 Å². The third kappa shape index (κ3) is 2.29. The number of nitriles is 2. The van der Waals surface area contributed by atoms with Crippen LogP contribution in [0.25, 0.3) is 0 Å². The van der Waals surface area contributed by atoms with Crippen LogP contribution in [0.4, 0.5) is 0 Å². The maximum atomic E-state index is 10.3. The monoisotopic (exact) mass is 400 g/mol. The Morgan fingerprint density at radius 3 is 1.93 bits per heavy atom. The molecule has 0 radical (unpaired) electrons. The number of aliphatic imine (C=N–C) groups is 1. The Bertz CT molecular complexity index is 903. The lowest BCUT2D eigenvalue weighted by Crippen LogP contribution is -2.43. The van der Waals surface area contributed by atoms with Crippen LogP contribution in [0.1, 0.15) is 25.3 Å². The van der Waals surface area contributed by atoms with E-state index in [9.17, 15) is 10.5 Å². The number of ether oxygens (including phenoxy) is 5. The van der Waals surface area contributed by atoms with E-state index in [-0.39, 0.29) is 19.0 Å². The Hall–Kier alpha value is -3.01. The van der Waals surface area contributed by atoms with Gasteiger partial charge in [0.15, 0.2) is 16.9 Å². The van der Waals surface area contributed by atoms with Gasteiger partial charge in [-0.25, -0.2) is 4.99 Å². The molecule has 0 spiro atoms. The lowest BCUT2D eigenvalue weighted by Gasteiger charge is -2.31. The molecule has 0 saturated heterocycles. The molecule has 154 valence electrons. The first-order valence-electron chi connectivity index (χ1n) is 9.19. The highest BCUT2D eigenvalue weighted by Crippen LogP contribution is 2.82. The van der Waals surface area contributed by atoms with Crippen molar-refractivity contribution in [1.82, 2.24) is 0 Å². The Labute approximate surface area is 169 Å². The van der Waals surface area contributed by atoms with Gasteiger partial charge in [0.25, 0.3) is 5.91 Å². The summed E-state index contributed by atoms with van der Waals surface area (Å²) in [6.45, 7) is 3.98. The van der Waals surface area contributed by atoms with E-state index < -0.39 is 22.7 Å². The zero-order valence-electron chi connectivity index (χ0n) is 17.1. The van der Waals surface area contributed by atoms with Gasteiger partial charge in [-0.2, -0.15) is 10.5 Å². The summed E-state index contributed by atoms with van der Waals surface area (Å²) in [7, 11) is 4.49. The van der Waals surface area contributed by atoms with Crippen LogP contribution in [0.15, 0.2) is 17.1 Å². The number of nitrogens with zero attached hydrogens (tertiary/aromatic N) is 3. The molecule has 29 heavy (non-hydrogen) atoms. The normalized spacial score (nSPS) is 28.5. The van der Waals surface area contributed by atoms with Crippen LogP contribution in [0.3, 0.4) is 0 Å². The average Bonchev–Trinajstić information content (AvgIpc) is 3.31. The van der Waals surface area contributed by atoms with E-state index in [2.05, 4.69) is 17.1 Å². The first kappa shape index (κ1) is 20.7. The molecular weight excluding hydrogens is 376 g/mol. The van der Waals surface area contributed by atoms with Gasteiger partial charge in [-0.05, 0) is 31.5 Å². The molecule has 0 amide bonds. The molecule has 9 nitrogen and oxygen atoms in total. The van der Waals surface area contributed by atoms with E-state index in [1.165, 1.54) is 21.3 Å². The standard InChI is InChI=1S/C20H24N4O5/c1-6-28-20(29-7-2)19(11-22)16(18(19,10-21)17(23)24-20)12-8-13(25-3)15(27-5)14(9-12)26-4/h8-9,16H,6-7H2,1-5H3,(H2,23,24)/t16-,18-,19-/m1/s1. The third-order valence-corrected chi connectivity index (χ3v) is 5.63. The number of fused-ring (bicyclic) bond motifs is 1. The highest BCUT2D eigenvalue weighted by atomic mass is 16.7. The average molecular weight is 400 g/mol. The van der Waals surface area contributed by atoms with Crippen LogP contribution < -0.4 is 19.9 Å². The minimum Gasteiger partial charge on any atom is -0.493 e. The van der Waals surface area contributed by atoms with Gasteiger partial charge in [-0.1, -0.05) is 0 Å². The molecular formula is C20H24N4O5. The van der Waals surface area contributed by atoms with Crippen molar-refractivity contribution in [2.45, 2.75) is 25.7 Å². The molecule has 1 heterocycles. The van der Waals surface area contributed by atoms with Crippen LogP contribution in [0.2, 0.25) is 0 Å². The molecule has 1 aromatic rings. The van der Waals surface area contributed by atoms with Gasteiger partial charge in [0.05, 0.1) is 33.5 Å². The second-order valence-corrected chi connectivity index (χ2v) is 6.68. The second kappa shape index (κ2) is 7.11. The lowest BCUT2D eigenvalue weighted by molar-refractivity contribution is -0.255. The molecule has 1 saturated carbocycles. The predicted molar refractivity (Wildman–Crippen MR) is 103 cm³/mol. The number of hydrogen-bond acceptors (Lipinski definition) is 9. The summed E-state index contributed by atoms with van der Waals surface area (Å²) < 4.78 is 27.9. The molecule has 2 N–H and O–H groups in total. The fraction of sp³-hybridized carbons (Fsp3) is 0.550. The van der Waals surface area contributed by atoms with Crippen molar-refractivity contribution in [3.05, 3.63) is 17.7 Å². The van der Waals surface area contributed by atoms with Gasteiger partial charge in [0, 0.05) is 19.1 Å². The van der Waals surface area contributed by atoms with Crippen LogP contribution in [-0.2, 0) is 9.47 Å². The van der Waals surface area contributed by atoms with E-state index in [0.29, 0.717) is 22.8 Å². The third-order valence-electron chi connectivity index (χ3n) is 5.63. The maximum Gasteiger partial charge on any atom is 0.293 e. The molecule has 9 heteroatoms. The first-order chi connectivity index (χ1) is 13.9. The minimum absolute atomic E-state index is 0.0159. The second-order valence-electron chi connectivity index (χ2n) is 6.68. The molecule has 1 aromatic carbocycles. The molecule has 1 aliphatic carbocycles. The molecule has 0 bridgehead atoms. The van der Waals surface area contributed by atoms with E-state index in [0.717, 1.165) is 0 Å². The Morgan fingerprint density at radius 1 is 1.00 bits per heavy atom. The Balaban J connectivity index is 2.26. The van der Waals surface area contributed by atoms with E-state index >= 15 is 0 Å². The molecule has 0 unspecified atom stereocenters. The summed E-state index contributed by atoms with van der Waals surface area (Å²) in [5.74, 6) is -1.10. The number of hydrogen-bond donors (Lipinski definition) is 1. The number of benzene rings is 1. The van der Waals surface area contributed by atoms with Crippen LogP contribution in [-0.4, -0.2) is 46.3 Å². The van der Waals surface area contributed by atoms with Gasteiger partial charge in [-0.3, -0.25) is 0 Å². The van der Waals surface area contributed by atoms with E-state index in [1.54, 1.807) is 26.0 Å². The zero-order valence-corrected chi connectivity index (χ0v) is 17.1. The summed E-state index contributed by atoms with van der Waals surface area (Å²) in [6.07, 6.45) is 0. The SMILES string of the molecule is CCOC1(OCC)N=C(N)[C@@]2(C#N)[C@@H](c3cc(OC)c(OC)c(OC)c3)[C@@]12C#N. The van der Waals surface area contributed by atoms with Crippen molar-refractivity contribution in [2.75, 3.05) is 34.5 Å². The summed E-state index contributed by atoms with van der Waals surface area (Å²) in [6, 6.07) is 7.91. The molecule has 3 atom stereocenters. The summed E-state index contributed by atoms with van der Waals surface area (Å²) in [5, 5.41) is 20.4.